The number of hydrogen-bond donors (Lipinski definition) is 2. The highest BCUT2D eigenvalue weighted by atomic mass is 16.5. The Bertz CT molecular complexity index is 451. The molecule has 2 N–H and O–H groups in total. The van der Waals surface area contributed by atoms with E-state index in [1.807, 2.05) is 0 Å². The van der Waals surface area contributed by atoms with Gasteiger partial charge in [0.1, 0.15) is 5.76 Å². The standard InChI is InChI=1S/C14H24N4O3/c1-3-12(10-19)18-6-4-17(5-7-18)9-14(20)15-13-8-11(2)21-16-13/h8,12,19H,3-7,9-10H2,1-2H3,(H,15,16,20). The number of amides is 1. The Kier molecular flexibility index (Phi) is 5.72. The quantitative estimate of drug-likeness (QED) is 0.786. The molecule has 2 heterocycles. The van der Waals surface area contributed by atoms with E-state index in [0.29, 0.717) is 18.1 Å². The van der Waals surface area contributed by atoms with Crippen LogP contribution in [0.5, 0.6) is 0 Å². The maximum Gasteiger partial charge on any atom is 0.239 e. The highest BCUT2D eigenvalue weighted by Crippen LogP contribution is 2.10. The van der Waals surface area contributed by atoms with Crippen LogP contribution >= 0.6 is 0 Å². The number of nitrogens with one attached hydrogen (secondary N) is 1. The van der Waals surface area contributed by atoms with Gasteiger partial charge in [-0.25, -0.2) is 0 Å². The second-order valence-electron chi connectivity index (χ2n) is 5.43. The van der Waals surface area contributed by atoms with Crippen LogP contribution in [0.4, 0.5) is 5.82 Å². The summed E-state index contributed by atoms with van der Waals surface area (Å²) in [5.74, 6) is 1.06. The lowest BCUT2D eigenvalue weighted by Gasteiger charge is -2.38. The molecular formula is C14H24N4O3. The molecule has 0 aromatic carbocycles. The zero-order chi connectivity index (χ0) is 15.2. The van der Waals surface area contributed by atoms with Crippen LogP contribution in [-0.2, 0) is 4.79 Å². The number of carbonyl (C=O) groups excluding carboxylic acids is 1. The van der Waals surface area contributed by atoms with E-state index in [4.69, 9.17) is 4.52 Å². The maximum atomic E-state index is 11.9. The van der Waals surface area contributed by atoms with E-state index in [0.717, 1.165) is 32.6 Å². The smallest absolute Gasteiger partial charge is 0.239 e. The molecule has 7 heteroatoms. The molecule has 2 rings (SSSR count). The fraction of sp³-hybridized carbons (Fsp3) is 0.714. The van der Waals surface area contributed by atoms with Crippen molar-refractivity contribution in [3.8, 4) is 0 Å². The SMILES string of the molecule is CCC(CO)N1CCN(CC(=O)Nc2cc(C)on2)CC1. The molecule has 1 aliphatic heterocycles. The van der Waals surface area contributed by atoms with Gasteiger partial charge in [0, 0.05) is 38.3 Å². The van der Waals surface area contributed by atoms with Crippen LogP contribution in [0.2, 0.25) is 0 Å². The van der Waals surface area contributed by atoms with Crippen molar-refractivity contribution in [3.05, 3.63) is 11.8 Å². The first-order valence-electron chi connectivity index (χ1n) is 7.42. The Labute approximate surface area is 124 Å². The van der Waals surface area contributed by atoms with E-state index in [9.17, 15) is 9.90 Å². The number of carbonyl (C=O) groups is 1. The van der Waals surface area contributed by atoms with Crippen molar-refractivity contribution >= 4 is 11.7 Å². The Morgan fingerprint density at radius 1 is 1.48 bits per heavy atom. The number of piperazine rings is 1. The highest BCUT2D eigenvalue weighted by Gasteiger charge is 2.23. The zero-order valence-electron chi connectivity index (χ0n) is 12.7. The number of aryl methyl sites for hydroxylation is 1. The average Bonchev–Trinajstić information content (AvgIpc) is 2.87. The van der Waals surface area contributed by atoms with Gasteiger partial charge in [-0.1, -0.05) is 12.1 Å². The van der Waals surface area contributed by atoms with Gasteiger partial charge in [-0.05, 0) is 13.3 Å². The molecule has 1 fully saturated rings. The van der Waals surface area contributed by atoms with E-state index in [-0.39, 0.29) is 18.6 Å². The summed E-state index contributed by atoms with van der Waals surface area (Å²) in [7, 11) is 0. The van der Waals surface area contributed by atoms with Gasteiger partial charge >= 0.3 is 0 Å². The van der Waals surface area contributed by atoms with Crippen LogP contribution < -0.4 is 5.32 Å². The van der Waals surface area contributed by atoms with Crippen LogP contribution in [-0.4, -0.2) is 71.3 Å². The third kappa shape index (κ3) is 4.52. The molecular weight excluding hydrogens is 272 g/mol. The molecule has 1 atom stereocenters. The Balaban J connectivity index is 1.74. The van der Waals surface area contributed by atoms with Gasteiger partial charge < -0.3 is 14.9 Å². The lowest BCUT2D eigenvalue weighted by Crippen LogP contribution is -2.52. The predicted octanol–water partition coefficient (Wildman–Crippen LogP) is 0.310. The Morgan fingerprint density at radius 2 is 2.19 bits per heavy atom. The minimum Gasteiger partial charge on any atom is -0.395 e. The van der Waals surface area contributed by atoms with Gasteiger partial charge in [-0.2, -0.15) is 0 Å². The van der Waals surface area contributed by atoms with E-state index < -0.39 is 0 Å². The van der Waals surface area contributed by atoms with Crippen molar-refractivity contribution in [3.63, 3.8) is 0 Å². The molecule has 1 amide bonds. The lowest BCUT2D eigenvalue weighted by atomic mass is 10.1. The number of anilines is 1. The van der Waals surface area contributed by atoms with Crippen LogP contribution in [0, 0.1) is 6.92 Å². The van der Waals surface area contributed by atoms with Gasteiger partial charge in [-0.15, -0.1) is 0 Å². The molecule has 1 aliphatic rings. The fourth-order valence-electron chi connectivity index (χ4n) is 2.60. The fourth-order valence-corrected chi connectivity index (χ4v) is 2.60. The van der Waals surface area contributed by atoms with E-state index >= 15 is 0 Å². The molecule has 0 bridgehead atoms. The Hall–Kier alpha value is -1.44. The van der Waals surface area contributed by atoms with E-state index in [1.165, 1.54) is 0 Å². The number of aliphatic hydroxyl groups excluding tert-OH is 1. The molecule has 1 aromatic heterocycles. The summed E-state index contributed by atoms with van der Waals surface area (Å²) >= 11 is 0. The average molecular weight is 296 g/mol. The first-order valence-corrected chi connectivity index (χ1v) is 7.42. The first kappa shape index (κ1) is 15.9. The van der Waals surface area contributed by atoms with Gasteiger partial charge in [0.05, 0.1) is 13.2 Å². The number of aromatic nitrogens is 1. The molecule has 0 spiro atoms. The molecule has 1 aromatic rings. The van der Waals surface area contributed by atoms with Gasteiger partial charge in [0.25, 0.3) is 0 Å². The molecule has 21 heavy (non-hydrogen) atoms. The third-order valence-corrected chi connectivity index (χ3v) is 3.87. The molecule has 0 aliphatic carbocycles. The summed E-state index contributed by atoms with van der Waals surface area (Å²) in [5, 5.41) is 15.8. The van der Waals surface area contributed by atoms with Crippen molar-refractivity contribution < 1.29 is 14.4 Å². The minimum atomic E-state index is -0.0778. The number of aliphatic hydroxyl groups is 1. The summed E-state index contributed by atoms with van der Waals surface area (Å²) in [6, 6.07) is 1.93. The molecule has 0 radical (unpaired) electrons. The summed E-state index contributed by atoms with van der Waals surface area (Å²) in [4.78, 5) is 16.3. The summed E-state index contributed by atoms with van der Waals surface area (Å²) in [6.07, 6.45) is 0.947. The molecule has 0 saturated carbocycles. The van der Waals surface area contributed by atoms with Crippen molar-refractivity contribution in [1.29, 1.82) is 0 Å². The largest absolute Gasteiger partial charge is 0.395 e. The van der Waals surface area contributed by atoms with Gasteiger partial charge in [0.2, 0.25) is 5.91 Å². The highest BCUT2D eigenvalue weighted by molar-refractivity contribution is 5.91. The van der Waals surface area contributed by atoms with Gasteiger partial charge in [0.15, 0.2) is 5.82 Å². The molecule has 118 valence electrons. The second-order valence-corrected chi connectivity index (χ2v) is 5.43. The lowest BCUT2D eigenvalue weighted by molar-refractivity contribution is -0.117. The topological polar surface area (TPSA) is 81.8 Å². The van der Waals surface area contributed by atoms with Crippen molar-refractivity contribution in [1.82, 2.24) is 15.0 Å². The van der Waals surface area contributed by atoms with Crippen molar-refractivity contribution in [2.24, 2.45) is 0 Å². The van der Waals surface area contributed by atoms with Crippen LogP contribution in [0.3, 0.4) is 0 Å². The number of rotatable bonds is 6. The number of nitrogens with zero attached hydrogens (tertiary/aromatic N) is 3. The van der Waals surface area contributed by atoms with Crippen molar-refractivity contribution in [2.45, 2.75) is 26.3 Å². The first-order chi connectivity index (χ1) is 10.1. The van der Waals surface area contributed by atoms with E-state index in [2.05, 4.69) is 27.2 Å². The van der Waals surface area contributed by atoms with Gasteiger partial charge in [-0.3, -0.25) is 14.6 Å². The summed E-state index contributed by atoms with van der Waals surface area (Å²) < 4.78 is 4.91. The molecule has 1 saturated heterocycles. The summed E-state index contributed by atoms with van der Waals surface area (Å²) in [5.41, 5.74) is 0. The van der Waals surface area contributed by atoms with Crippen LogP contribution in [0.15, 0.2) is 10.6 Å². The van der Waals surface area contributed by atoms with E-state index in [1.54, 1.807) is 13.0 Å². The monoisotopic (exact) mass is 296 g/mol. The van der Waals surface area contributed by atoms with Crippen LogP contribution in [0.25, 0.3) is 0 Å². The molecule has 7 nitrogen and oxygen atoms in total. The van der Waals surface area contributed by atoms with Crippen molar-refractivity contribution in [2.75, 3.05) is 44.6 Å². The maximum absolute atomic E-state index is 11.9. The second kappa shape index (κ2) is 7.53. The van der Waals surface area contributed by atoms with Crippen LogP contribution in [0.1, 0.15) is 19.1 Å². The summed E-state index contributed by atoms with van der Waals surface area (Å²) in [6.45, 7) is 7.86. The predicted molar refractivity (Wildman–Crippen MR) is 79.0 cm³/mol. The zero-order valence-corrected chi connectivity index (χ0v) is 12.7. The third-order valence-electron chi connectivity index (χ3n) is 3.87. The Morgan fingerprint density at radius 3 is 2.71 bits per heavy atom. The normalized spacial score (nSPS) is 18.6. The number of hydrogen-bond acceptors (Lipinski definition) is 6. The minimum absolute atomic E-state index is 0.0778. The molecule has 1 unspecified atom stereocenters.